The van der Waals surface area contributed by atoms with E-state index in [1.165, 1.54) is 18.2 Å². The van der Waals surface area contributed by atoms with Crippen LogP contribution >= 0.6 is 11.3 Å². The largest absolute Gasteiger partial charge is 0.478 e. The molecule has 0 fully saturated rings. The van der Waals surface area contributed by atoms with E-state index in [9.17, 15) is 14.4 Å². The lowest BCUT2D eigenvalue weighted by Gasteiger charge is -2.08. The number of carboxylic acids is 1. The van der Waals surface area contributed by atoms with Gasteiger partial charge >= 0.3 is 18.0 Å². The average molecular weight is 334 g/mol. The number of thiophene rings is 1. The molecule has 2 aromatic rings. The number of carbonyl (C=O) groups excluding carboxylic acids is 2. The van der Waals surface area contributed by atoms with Gasteiger partial charge in [0, 0.05) is 5.69 Å². The van der Waals surface area contributed by atoms with Gasteiger partial charge in [-0.2, -0.15) is 0 Å². The van der Waals surface area contributed by atoms with Crippen molar-refractivity contribution in [3.05, 3.63) is 46.8 Å². The van der Waals surface area contributed by atoms with Crippen LogP contribution in [0.5, 0.6) is 0 Å². The highest BCUT2D eigenvalue weighted by Gasteiger charge is 2.14. The van der Waals surface area contributed by atoms with Crippen LogP contribution in [0.1, 0.15) is 27.6 Å². The Labute approximate surface area is 135 Å². The number of hydrogen-bond donors (Lipinski definition) is 3. The Morgan fingerprint density at radius 3 is 2.43 bits per heavy atom. The maximum absolute atomic E-state index is 11.9. The molecule has 1 aromatic heterocycles. The van der Waals surface area contributed by atoms with Crippen LogP contribution in [-0.2, 0) is 4.74 Å². The monoisotopic (exact) mass is 334 g/mol. The van der Waals surface area contributed by atoms with E-state index in [1.807, 2.05) is 0 Å². The van der Waals surface area contributed by atoms with Crippen molar-refractivity contribution >= 4 is 40.0 Å². The summed E-state index contributed by atoms with van der Waals surface area (Å²) in [5.74, 6) is -1.55. The fourth-order valence-corrected chi connectivity index (χ4v) is 2.52. The summed E-state index contributed by atoms with van der Waals surface area (Å²) in [7, 11) is 0. The maximum Gasteiger partial charge on any atom is 0.338 e. The fraction of sp³-hybridized carbons (Fsp3) is 0.133. The first kappa shape index (κ1) is 16.5. The van der Waals surface area contributed by atoms with Gasteiger partial charge in [-0.15, -0.1) is 11.3 Å². The second kappa shape index (κ2) is 7.41. The minimum atomic E-state index is -1.11. The molecule has 1 aromatic carbocycles. The van der Waals surface area contributed by atoms with E-state index in [0.717, 1.165) is 11.3 Å². The predicted molar refractivity (Wildman–Crippen MR) is 86.3 cm³/mol. The lowest BCUT2D eigenvalue weighted by atomic mass is 10.2. The zero-order valence-corrected chi connectivity index (χ0v) is 13.0. The third-order valence-electron chi connectivity index (χ3n) is 2.78. The standard InChI is InChI=1S/C15H14N2O5S/c1-2-22-14(20)9-3-5-10(6-4-9)16-15(21)17-12-11(13(18)19)7-8-23-12/h3-8H,2H2,1H3,(H,18,19)(H2,16,17,21). The summed E-state index contributed by atoms with van der Waals surface area (Å²) in [6, 6.07) is 7.01. The van der Waals surface area contributed by atoms with Crippen LogP contribution in [0.3, 0.4) is 0 Å². The van der Waals surface area contributed by atoms with Gasteiger partial charge in [0.2, 0.25) is 0 Å². The van der Waals surface area contributed by atoms with Crippen molar-refractivity contribution in [3.8, 4) is 0 Å². The molecule has 23 heavy (non-hydrogen) atoms. The maximum atomic E-state index is 11.9. The third-order valence-corrected chi connectivity index (χ3v) is 3.61. The molecule has 0 atom stereocenters. The van der Waals surface area contributed by atoms with Crippen LogP contribution in [0, 0.1) is 0 Å². The first-order valence-electron chi connectivity index (χ1n) is 6.67. The number of carbonyl (C=O) groups is 3. The average Bonchev–Trinajstić information content (AvgIpc) is 2.96. The first-order chi connectivity index (χ1) is 11.0. The SMILES string of the molecule is CCOC(=O)c1ccc(NC(=O)Nc2sccc2C(=O)O)cc1. The van der Waals surface area contributed by atoms with E-state index in [0.29, 0.717) is 11.3 Å². The topological polar surface area (TPSA) is 105 Å². The number of esters is 1. The number of ether oxygens (including phenoxy) is 1. The molecule has 0 aliphatic heterocycles. The van der Waals surface area contributed by atoms with Crippen molar-refractivity contribution in [2.75, 3.05) is 17.2 Å². The summed E-state index contributed by atoms with van der Waals surface area (Å²) in [5, 5.41) is 15.8. The van der Waals surface area contributed by atoms with Crippen LogP contribution in [0.25, 0.3) is 0 Å². The van der Waals surface area contributed by atoms with E-state index in [-0.39, 0.29) is 17.2 Å². The molecule has 1 heterocycles. The molecule has 0 aliphatic carbocycles. The molecule has 7 nitrogen and oxygen atoms in total. The van der Waals surface area contributed by atoms with Crippen LogP contribution in [0.15, 0.2) is 35.7 Å². The van der Waals surface area contributed by atoms with Crippen molar-refractivity contribution in [3.63, 3.8) is 0 Å². The molecule has 0 unspecified atom stereocenters. The Morgan fingerprint density at radius 2 is 1.83 bits per heavy atom. The van der Waals surface area contributed by atoms with Crippen molar-refractivity contribution in [1.82, 2.24) is 0 Å². The molecule has 0 spiro atoms. The number of carboxylic acid groups (broad SMARTS) is 1. The molecular formula is C15H14N2O5S. The van der Waals surface area contributed by atoms with Gasteiger partial charge in [0.05, 0.1) is 17.7 Å². The number of nitrogens with one attached hydrogen (secondary N) is 2. The zero-order chi connectivity index (χ0) is 16.8. The van der Waals surface area contributed by atoms with Crippen LogP contribution in [-0.4, -0.2) is 29.7 Å². The van der Waals surface area contributed by atoms with Gasteiger partial charge in [-0.3, -0.25) is 5.32 Å². The quantitative estimate of drug-likeness (QED) is 0.728. The molecule has 0 saturated heterocycles. The number of benzene rings is 1. The van der Waals surface area contributed by atoms with Gasteiger partial charge in [-0.25, -0.2) is 14.4 Å². The molecule has 120 valence electrons. The van der Waals surface area contributed by atoms with E-state index in [4.69, 9.17) is 9.84 Å². The van der Waals surface area contributed by atoms with Gasteiger partial charge < -0.3 is 15.2 Å². The molecule has 0 aliphatic rings. The lowest BCUT2D eigenvalue weighted by molar-refractivity contribution is 0.0526. The predicted octanol–water partition coefficient (Wildman–Crippen LogP) is 3.27. The highest BCUT2D eigenvalue weighted by molar-refractivity contribution is 7.14. The Kier molecular flexibility index (Phi) is 5.32. The minimum Gasteiger partial charge on any atom is -0.478 e. The highest BCUT2D eigenvalue weighted by Crippen LogP contribution is 2.23. The van der Waals surface area contributed by atoms with Crippen molar-refractivity contribution in [1.29, 1.82) is 0 Å². The van der Waals surface area contributed by atoms with E-state index in [1.54, 1.807) is 24.4 Å². The fourth-order valence-electron chi connectivity index (χ4n) is 1.74. The van der Waals surface area contributed by atoms with Gasteiger partial charge in [-0.05, 0) is 42.6 Å². The van der Waals surface area contributed by atoms with Gasteiger partial charge in [0.15, 0.2) is 0 Å². The zero-order valence-electron chi connectivity index (χ0n) is 12.2. The number of urea groups is 1. The first-order valence-corrected chi connectivity index (χ1v) is 7.55. The minimum absolute atomic E-state index is 0.0304. The smallest absolute Gasteiger partial charge is 0.338 e. The third kappa shape index (κ3) is 4.30. The summed E-state index contributed by atoms with van der Waals surface area (Å²) in [6.45, 7) is 2.00. The summed E-state index contributed by atoms with van der Waals surface area (Å²) in [6.07, 6.45) is 0. The molecular weight excluding hydrogens is 320 g/mol. The summed E-state index contributed by atoms with van der Waals surface area (Å²) in [5.41, 5.74) is 0.871. The Morgan fingerprint density at radius 1 is 1.13 bits per heavy atom. The molecule has 2 rings (SSSR count). The molecule has 0 saturated carbocycles. The number of hydrogen-bond acceptors (Lipinski definition) is 5. The lowest BCUT2D eigenvalue weighted by Crippen LogP contribution is -2.20. The van der Waals surface area contributed by atoms with Gasteiger partial charge in [0.25, 0.3) is 0 Å². The van der Waals surface area contributed by atoms with Crippen molar-refractivity contribution in [2.24, 2.45) is 0 Å². The number of aromatic carboxylic acids is 1. The van der Waals surface area contributed by atoms with E-state index < -0.39 is 18.0 Å². The number of amides is 2. The molecule has 0 radical (unpaired) electrons. The summed E-state index contributed by atoms with van der Waals surface area (Å²) in [4.78, 5) is 34.4. The van der Waals surface area contributed by atoms with Crippen molar-refractivity contribution < 1.29 is 24.2 Å². The molecule has 8 heteroatoms. The number of rotatable bonds is 5. The molecule has 2 amide bonds. The normalized spacial score (nSPS) is 9.96. The van der Waals surface area contributed by atoms with E-state index >= 15 is 0 Å². The highest BCUT2D eigenvalue weighted by atomic mass is 32.1. The Bertz CT molecular complexity index is 724. The second-order valence-corrected chi connectivity index (χ2v) is 5.26. The van der Waals surface area contributed by atoms with Gasteiger partial charge in [0.1, 0.15) is 5.00 Å². The van der Waals surface area contributed by atoms with Gasteiger partial charge in [-0.1, -0.05) is 0 Å². The Balaban J connectivity index is 1.99. The number of anilines is 2. The summed E-state index contributed by atoms with van der Waals surface area (Å²) >= 11 is 1.11. The molecule has 3 N–H and O–H groups in total. The van der Waals surface area contributed by atoms with Crippen LogP contribution in [0.2, 0.25) is 0 Å². The van der Waals surface area contributed by atoms with E-state index in [2.05, 4.69) is 10.6 Å². The second-order valence-electron chi connectivity index (χ2n) is 4.35. The van der Waals surface area contributed by atoms with Crippen molar-refractivity contribution in [2.45, 2.75) is 6.92 Å². The van der Waals surface area contributed by atoms with Crippen LogP contribution < -0.4 is 10.6 Å². The Hall–Kier alpha value is -2.87. The molecule has 0 bridgehead atoms. The summed E-state index contributed by atoms with van der Waals surface area (Å²) < 4.78 is 4.86. The van der Waals surface area contributed by atoms with Crippen LogP contribution in [0.4, 0.5) is 15.5 Å².